The molecule has 0 fully saturated rings. The molecule has 0 atom stereocenters. The van der Waals surface area contributed by atoms with E-state index in [4.69, 9.17) is 9.47 Å². The molecule has 0 saturated heterocycles. The van der Waals surface area contributed by atoms with Gasteiger partial charge in [-0.05, 0) is 24.1 Å². The Hall–Kier alpha value is -2.43. The second-order valence-corrected chi connectivity index (χ2v) is 5.93. The molecule has 0 amide bonds. The highest BCUT2D eigenvalue weighted by atomic mass is 16.5. The van der Waals surface area contributed by atoms with Gasteiger partial charge in [0.1, 0.15) is 12.1 Å². The molecule has 0 aliphatic rings. The van der Waals surface area contributed by atoms with Crippen LogP contribution in [-0.2, 0) is 0 Å². The number of hydrogen-bond acceptors (Lipinski definition) is 5. The van der Waals surface area contributed by atoms with Gasteiger partial charge in [-0.1, -0.05) is 27.7 Å². The minimum absolute atomic E-state index is 0.204. The lowest BCUT2D eigenvalue weighted by Gasteiger charge is -2.14. The predicted octanol–water partition coefficient (Wildman–Crippen LogP) is 4.34. The van der Waals surface area contributed by atoms with Gasteiger partial charge in [-0.3, -0.25) is 4.79 Å². The Bertz CT molecular complexity index is 670. The van der Waals surface area contributed by atoms with Crippen molar-refractivity contribution in [2.45, 2.75) is 39.5 Å². The quantitative estimate of drug-likeness (QED) is 0.742. The van der Waals surface area contributed by atoms with Crippen LogP contribution in [0.1, 0.15) is 61.4 Å². The zero-order chi connectivity index (χ0) is 17.0. The van der Waals surface area contributed by atoms with Crippen LogP contribution in [-0.4, -0.2) is 23.4 Å². The zero-order valence-electron chi connectivity index (χ0n) is 14.2. The number of methoxy groups -OCH3 is 1. The van der Waals surface area contributed by atoms with Crippen LogP contribution in [0.4, 0.5) is 0 Å². The van der Waals surface area contributed by atoms with Gasteiger partial charge in [0.2, 0.25) is 5.88 Å². The average Bonchev–Trinajstić information content (AvgIpc) is 2.54. The van der Waals surface area contributed by atoms with Crippen LogP contribution in [0.5, 0.6) is 17.4 Å². The van der Waals surface area contributed by atoms with Crippen molar-refractivity contribution in [2.75, 3.05) is 7.11 Å². The van der Waals surface area contributed by atoms with Gasteiger partial charge in [0.25, 0.3) is 0 Å². The first-order valence-corrected chi connectivity index (χ1v) is 7.64. The minimum Gasteiger partial charge on any atom is -0.493 e. The summed E-state index contributed by atoms with van der Waals surface area (Å²) in [5.74, 6) is 2.71. The maximum absolute atomic E-state index is 10.9. The van der Waals surface area contributed by atoms with Gasteiger partial charge in [-0.15, -0.1) is 0 Å². The first-order valence-electron chi connectivity index (χ1n) is 7.64. The molecule has 2 rings (SSSR count). The molecule has 1 heterocycles. The number of carbonyl (C=O) groups excluding carboxylic acids is 1. The van der Waals surface area contributed by atoms with E-state index in [1.54, 1.807) is 18.2 Å². The fourth-order valence-electron chi connectivity index (χ4n) is 2.02. The number of benzene rings is 1. The van der Waals surface area contributed by atoms with Crippen molar-refractivity contribution in [2.24, 2.45) is 0 Å². The van der Waals surface area contributed by atoms with E-state index < -0.39 is 0 Å². The smallest absolute Gasteiger partial charge is 0.223 e. The summed E-state index contributed by atoms with van der Waals surface area (Å²) < 4.78 is 11.2. The van der Waals surface area contributed by atoms with E-state index in [2.05, 4.69) is 23.8 Å². The molecular weight excluding hydrogens is 292 g/mol. The number of hydrogen-bond donors (Lipinski definition) is 0. The number of nitrogens with zero attached hydrogens (tertiary/aromatic N) is 2. The first-order chi connectivity index (χ1) is 10.9. The van der Waals surface area contributed by atoms with Crippen molar-refractivity contribution in [3.8, 4) is 17.4 Å². The van der Waals surface area contributed by atoms with Crippen LogP contribution in [0.2, 0.25) is 0 Å². The largest absolute Gasteiger partial charge is 0.493 e. The highest BCUT2D eigenvalue weighted by Gasteiger charge is 2.14. The molecule has 0 N–H and O–H groups in total. The normalized spacial score (nSPS) is 10.9. The van der Waals surface area contributed by atoms with E-state index in [9.17, 15) is 4.79 Å². The van der Waals surface area contributed by atoms with E-state index in [0.717, 1.165) is 17.8 Å². The molecular formula is C18H22N2O3. The molecule has 122 valence electrons. The monoisotopic (exact) mass is 314 g/mol. The van der Waals surface area contributed by atoms with Crippen LogP contribution in [0, 0.1) is 0 Å². The SMILES string of the molecule is COc1cc(C=O)ccc1Oc1cc(C(C)C)nc(C(C)C)n1. The molecule has 0 saturated carbocycles. The fourth-order valence-corrected chi connectivity index (χ4v) is 2.02. The second kappa shape index (κ2) is 7.22. The predicted molar refractivity (Wildman–Crippen MR) is 88.7 cm³/mol. The van der Waals surface area contributed by atoms with E-state index in [0.29, 0.717) is 22.9 Å². The average molecular weight is 314 g/mol. The van der Waals surface area contributed by atoms with Crippen molar-refractivity contribution >= 4 is 6.29 Å². The van der Waals surface area contributed by atoms with E-state index in [1.165, 1.54) is 7.11 Å². The number of rotatable bonds is 6. The Labute approximate surface area is 136 Å². The molecule has 23 heavy (non-hydrogen) atoms. The summed E-state index contributed by atoms with van der Waals surface area (Å²) in [6.45, 7) is 8.25. The van der Waals surface area contributed by atoms with Gasteiger partial charge in [-0.2, -0.15) is 4.98 Å². The Morgan fingerprint density at radius 3 is 2.30 bits per heavy atom. The number of aldehydes is 1. The van der Waals surface area contributed by atoms with E-state index in [1.807, 2.05) is 19.9 Å². The van der Waals surface area contributed by atoms with Gasteiger partial charge in [0, 0.05) is 17.5 Å². The van der Waals surface area contributed by atoms with Crippen molar-refractivity contribution in [1.29, 1.82) is 0 Å². The molecule has 1 aromatic heterocycles. The molecule has 1 aromatic carbocycles. The molecule has 5 nitrogen and oxygen atoms in total. The third-order valence-corrected chi connectivity index (χ3v) is 3.39. The lowest BCUT2D eigenvalue weighted by Crippen LogP contribution is -2.05. The van der Waals surface area contributed by atoms with Crippen LogP contribution in [0.15, 0.2) is 24.3 Å². The van der Waals surface area contributed by atoms with Crippen molar-refractivity contribution in [3.63, 3.8) is 0 Å². The summed E-state index contributed by atoms with van der Waals surface area (Å²) in [7, 11) is 1.54. The Morgan fingerprint density at radius 2 is 1.74 bits per heavy atom. The fraction of sp³-hybridized carbons (Fsp3) is 0.389. The van der Waals surface area contributed by atoms with Crippen LogP contribution >= 0.6 is 0 Å². The number of ether oxygens (including phenoxy) is 2. The summed E-state index contributed by atoms with van der Waals surface area (Å²) in [6, 6.07) is 6.85. The molecule has 0 spiro atoms. The summed E-state index contributed by atoms with van der Waals surface area (Å²) in [5, 5.41) is 0. The maximum atomic E-state index is 10.9. The molecule has 0 aliphatic carbocycles. The second-order valence-electron chi connectivity index (χ2n) is 5.93. The highest BCUT2D eigenvalue weighted by molar-refractivity contribution is 5.76. The van der Waals surface area contributed by atoms with E-state index in [-0.39, 0.29) is 11.8 Å². The molecule has 0 unspecified atom stereocenters. The highest BCUT2D eigenvalue weighted by Crippen LogP contribution is 2.32. The minimum atomic E-state index is 0.204. The number of aromatic nitrogens is 2. The third kappa shape index (κ3) is 4.06. The van der Waals surface area contributed by atoms with Gasteiger partial charge in [0.15, 0.2) is 11.5 Å². The molecule has 0 bridgehead atoms. The number of carbonyl (C=O) groups is 1. The lowest BCUT2D eigenvalue weighted by molar-refractivity contribution is 0.112. The standard InChI is InChI=1S/C18H22N2O3/c1-11(2)14-9-17(20-18(19-14)12(3)4)23-15-7-6-13(10-21)8-16(15)22-5/h6-12H,1-5H3. The van der Waals surface area contributed by atoms with Gasteiger partial charge in [-0.25, -0.2) is 4.98 Å². The topological polar surface area (TPSA) is 61.3 Å². The molecule has 2 aromatic rings. The Morgan fingerprint density at radius 1 is 1.00 bits per heavy atom. The summed E-state index contributed by atoms with van der Waals surface area (Å²) >= 11 is 0. The molecule has 0 radical (unpaired) electrons. The Kier molecular flexibility index (Phi) is 5.32. The van der Waals surface area contributed by atoms with Crippen molar-refractivity contribution in [3.05, 3.63) is 41.3 Å². The molecule has 0 aliphatic heterocycles. The summed E-state index contributed by atoms with van der Waals surface area (Å²) in [5.41, 5.74) is 1.46. The van der Waals surface area contributed by atoms with Crippen LogP contribution in [0.3, 0.4) is 0 Å². The molecule has 5 heteroatoms. The van der Waals surface area contributed by atoms with Crippen molar-refractivity contribution in [1.82, 2.24) is 9.97 Å². The zero-order valence-corrected chi connectivity index (χ0v) is 14.2. The van der Waals surface area contributed by atoms with E-state index >= 15 is 0 Å². The summed E-state index contributed by atoms with van der Waals surface area (Å²) in [4.78, 5) is 19.9. The third-order valence-electron chi connectivity index (χ3n) is 3.39. The first kappa shape index (κ1) is 16.9. The van der Waals surface area contributed by atoms with Crippen LogP contribution < -0.4 is 9.47 Å². The maximum Gasteiger partial charge on any atom is 0.223 e. The van der Waals surface area contributed by atoms with Crippen molar-refractivity contribution < 1.29 is 14.3 Å². The van der Waals surface area contributed by atoms with Gasteiger partial charge in [0.05, 0.1) is 12.8 Å². The van der Waals surface area contributed by atoms with Crippen LogP contribution in [0.25, 0.3) is 0 Å². The van der Waals surface area contributed by atoms with Gasteiger partial charge < -0.3 is 9.47 Å². The Balaban J connectivity index is 2.41. The summed E-state index contributed by atoms with van der Waals surface area (Å²) in [6.07, 6.45) is 0.769. The van der Waals surface area contributed by atoms with Gasteiger partial charge >= 0.3 is 0 Å². The lowest BCUT2D eigenvalue weighted by atomic mass is 10.1.